The molecule has 32 heavy (non-hydrogen) atoms. The molecule has 2 N–H and O–H groups in total. The summed E-state index contributed by atoms with van der Waals surface area (Å²) in [6, 6.07) is 4.44. The van der Waals surface area contributed by atoms with Crippen LogP contribution in [0.5, 0.6) is 0 Å². The lowest BCUT2D eigenvalue weighted by Crippen LogP contribution is -2.54. The molecule has 1 fully saturated rings. The van der Waals surface area contributed by atoms with E-state index in [4.69, 9.17) is 11.6 Å². The molecule has 4 aromatic rings. The summed E-state index contributed by atoms with van der Waals surface area (Å²) >= 11 is 6.25. The van der Waals surface area contributed by atoms with Crippen LogP contribution in [0.1, 0.15) is 29.9 Å². The van der Waals surface area contributed by atoms with E-state index in [9.17, 15) is 4.79 Å². The lowest BCUT2D eigenvalue weighted by atomic mass is 10.1. The standard InChI is InChI=1S/C22H23ClN8O/c1-12-8-30(9-13(2)26-12)16-5-4-15(18-19(16)25-7-6-24-18)22(32)29-17-11-31-10-14(3)27-21(31)20(23)28-17/h4-7,10-13,26H,8-9H2,1-3H3,(H,29,32)/t12-,13+. The molecule has 1 aromatic carbocycles. The fourth-order valence-electron chi connectivity index (χ4n) is 4.33. The third-order valence-corrected chi connectivity index (χ3v) is 5.76. The van der Waals surface area contributed by atoms with Gasteiger partial charge in [0.1, 0.15) is 11.0 Å². The summed E-state index contributed by atoms with van der Waals surface area (Å²) in [7, 11) is 0. The Balaban J connectivity index is 1.50. The number of benzene rings is 1. The molecule has 3 aromatic heterocycles. The summed E-state index contributed by atoms with van der Waals surface area (Å²) in [5.41, 5.74) is 4.00. The van der Waals surface area contributed by atoms with Crippen LogP contribution in [0.15, 0.2) is 36.9 Å². The SMILES string of the molecule is Cc1cn2cc(NC(=O)c3ccc(N4C[C@@H](C)N[C@@H](C)C4)c4nccnc34)nc(Cl)c2n1. The zero-order valence-electron chi connectivity index (χ0n) is 18.0. The fourth-order valence-corrected chi connectivity index (χ4v) is 4.56. The second-order valence-corrected chi connectivity index (χ2v) is 8.60. The number of piperazine rings is 1. The maximum absolute atomic E-state index is 13.2. The predicted molar refractivity (Wildman–Crippen MR) is 124 cm³/mol. The van der Waals surface area contributed by atoms with E-state index < -0.39 is 0 Å². The molecule has 0 saturated carbocycles. The number of halogens is 1. The molecule has 4 heterocycles. The molecular formula is C22H23ClN8O. The highest BCUT2D eigenvalue weighted by Crippen LogP contribution is 2.28. The third-order valence-electron chi connectivity index (χ3n) is 5.51. The van der Waals surface area contributed by atoms with E-state index in [1.54, 1.807) is 29.1 Å². The Labute approximate surface area is 189 Å². The summed E-state index contributed by atoms with van der Waals surface area (Å²) in [5.74, 6) is -0.000350. The smallest absolute Gasteiger partial charge is 0.259 e. The van der Waals surface area contributed by atoms with Crippen molar-refractivity contribution in [3.8, 4) is 0 Å². The number of hydrogen-bond acceptors (Lipinski definition) is 7. The van der Waals surface area contributed by atoms with Crippen molar-refractivity contribution in [3.63, 3.8) is 0 Å². The molecule has 0 bridgehead atoms. The van der Waals surface area contributed by atoms with E-state index in [1.165, 1.54) is 0 Å². The molecule has 0 aliphatic carbocycles. The van der Waals surface area contributed by atoms with E-state index >= 15 is 0 Å². The largest absolute Gasteiger partial charge is 0.367 e. The number of carbonyl (C=O) groups is 1. The Hall–Kier alpha value is -3.30. The van der Waals surface area contributed by atoms with Crippen LogP contribution >= 0.6 is 11.6 Å². The minimum absolute atomic E-state index is 0.220. The maximum atomic E-state index is 13.2. The normalized spacial score (nSPS) is 18.9. The summed E-state index contributed by atoms with van der Waals surface area (Å²) in [5, 5.41) is 6.59. The molecular weight excluding hydrogens is 428 g/mol. The van der Waals surface area contributed by atoms with Crippen molar-refractivity contribution in [2.45, 2.75) is 32.9 Å². The molecule has 1 amide bonds. The number of carbonyl (C=O) groups excluding carboxylic acids is 1. The van der Waals surface area contributed by atoms with Gasteiger partial charge in [-0.25, -0.2) is 9.97 Å². The molecule has 1 saturated heterocycles. The number of nitrogens with one attached hydrogen (secondary N) is 2. The molecule has 9 nitrogen and oxygen atoms in total. The molecule has 0 unspecified atom stereocenters. The molecule has 5 rings (SSSR count). The quantitative estimate of drug-likeness (QED) is 0.494. The van der Waals surface area contributed by atoms with Crippen LogP contribution in [-0.2, 0) is 0 Å². The lowest BCUT2D eigenvalue weighted by Gasteiger charge is -2.38. The third kappa shape index (κ3) is 3.74. The summed E-state index contributed by atoms with van der Waals surface area (Å²) in [4.78, 5) is 33.1. The topological polar surface area (TPSA) is 100 Å². The minimum atomic E-state index is -0.330. The number of rotatable bonds is 3. The summed E-state index contributed by atoms with van der Waals surface area (Å²) < 4.78 is 1.74. The molecule has 164 valence electrons. The van der Waals surface area contributed by atoms with Crippen LogP contribution < -0.4 is 15.5 Å². The second-order valence-electron chi connectivity index (χ2n) is 8.24. The van der Waals surface area contributed by atoms with Crippen molar-refractivity contribution >= 4 is 45.7 Å². The first-order valence-electron chi connectivity index (χ1n) is 10.5. The van der Waals surface area contributed by atoms with Crippen LogP contribution in [0, 0.1) is 6.92 Å². The molecule has 1 aliphatic heterocycles. The number of fused-ring (bicyclic) bond motifs is 2. The van der Waals surface area contributed by atoms with Crippen LogP contribution in [0.2, 0.25) is 5.15 Å². The van der Waals surface area contributed by atoms with Crippen molar-refractivity contribution in [1.29, 1.82) is 0 Å². The van der Waals surface area contributed by atoms with Gasteiger partial charge in [0, 0.05) is 43.8 Å². The Morgan fingerprint density at radius 1 is 1.09 bits per heavy atom. The first kappa shape index (κ1) is 20.6. The number of aromatic nitrogens is 5. The molecule has 10 heteroatoms. The van der Waals surface area contributed by atoms with E-state index in [0.29, 0.717) is 40.1 Å². The first-order chi connectivity index (χ1) is 15.4. The van der Waals surface area contributed by atoms with Crippen molar-refractivity contribution in [2.24, 2.45) is 0 Å². The fraction of sp³-hybridized carbons (Fsp3) is 0.318. The highest BCUT2D eigenvalue weighted by Gasteiger charge is 2.24. The summed E-state index contributed by atoms with van der Waals surface area (Å²) in [6.07, 6.45) is 6.76. The summed E-state index contributed by atoms with van der Waals surface area (Å²) in [6.45, 7) is 7.90. The zero-order valence-corrected chi connectivity index (χ0v) is 18.8. The highest BCUT2D eigenvalue weighted by atomic mass is 35.5. The van der Waals surface area contributed by atoms with Crippen LogP contribution in [0.25, 0.3) is 16.7 Å². The number of nitrogens with zero attached hydrogens (tertiary/aromatic N) is 6. The van der Waals surface area contributed by atoms with Gasteiger partial charge in [-0.15, -0.1) is 0 Å². The van der Waals surface area contributed by atoms with Crippen molar-refractivity contribution in [1.82, 2.24) is 29.7 Å². The maximum Gasteiger partial charge on any atom is 0.259 e. The van der Waals surface area contributed by atoms with Gasteiger partial charge in [0.2, 0.25) is 0 Å². The van der Waals surface area contributed by atoms with Crippen molar-refractivity contribution in [2.75, 3.05) is 23.3 Å². The van der Waals surface area contributed by atoms with Gasteiger partial charge in [0.25, 0.3) is 5.91 Å². The average Bonchev–Trinajstić information content (AvgIpc) is 3.13. The van der Waals surface area contributed by atoms with Gasteiger partial charge in [-0.2, -0.15) is 0 Å². The minimum Gasteiger partial charge on any atom is -0.367 e. The van der Waals surface area contributed by atoms with Crippen LogP contribution in [0.4, 0.5) is 11.5 Å². The Morgan fingerprint density at radius 3 is 2.56 bits per heavy atom. The van der Waals surface area contributed by atoms with Crippen LogP contribution in [0.3, 0.4) is 0 Å². The Bertz CT molecular complexity index is 1330. The van der Waals surface area contributed by atoms with Crippen molar-refractivity contribution in [3.05, 3.63) is 53.3 Å². The number of amides is 1. The van der Waals surface area contributed by atoms with Gasteiger partial charge in [-0.3, -0.25) is 14.8 Å². The first-order valence-corrected chi connectivity index (χ1v) is 10.8. The average molecular weight is 451 g/mol. The zero-order chi connectivity index (χ0) is 22.4. The van der Waals surface area contributed by atoms with E-state index in [2.05, 4.69) is 49.3 Å². The van der Waals surface area contributed by atoms with Crippen LogP contribution in [-0.4, -0.2) is 55.4 Å². The van der Waals surface area contributed by atoms with Crippen molar-refractivity contribution < 1.29 is 4.79 Å². The number of imidazole rings is 1. The van der Waals surface area contributed by atoms with E-state index in [0.717, 1.165) is 24.5 Å². The van der Waals surface area contributed by atoms with Gasteiger partial charge in [-0.05, 0) is 32.9 Å². The molecule has 2 atom stereocenters. The Kier molecular flexibility index (Phi) is 5.15. The van der Waals surface area contributed by atoms with E-state index in [-0.39, 0.29) is 11.1 Å². The molecule has 1 aliphatic rings. The van der Waals surface area contributed by atoms with Gasteiger partial charge >= 0.3 is 0 Å². The second kappa shape index (κ2) is 7.99. The molecule has 0 radical (unpaired) electrons. The number of aryl methyl sites for hydroxylation is 1. The van der Waals surface area contributed by atoms with E-state index in [1.807, 2.05) is 19.2 Å². The van der Waals surface area contributed by atoms with Gasteiger partial charge < -0.3 is 19.9 Å². The predicted octanol–water partition coefficient (Wildman–Crippen LogP) is 3.07. The van der Waals surface area contributed by atoms with Gasteiger partial charge in [-0.1, -0.05) is 11.6 Å². The number of anilines is 2. The highest BCUT2D eigenvalue weighted by molar-refractivity contribution is 6.32. The Morgan fingerprint density at radius 2 is 1.81 bits per heavy atom. The van der Waals surface area contributed by atoms with Gasteiger partial charge in [0.05, 0.1) is 23.1 Å². The van der Waals surface area contributed by atoms with Gasteiger partial charge in [0.15, 0.2) is 16.6 Å². The number of hydrogen-bond donors (Lipinski definition) is 2. The lowest BCUT2D eigenvalue weighted by molar-refractivity contribution is 0.102. The monoisotopic (exact) mass is 450 g/mol. The molecule has 0 spiro atoms.